The van der Waals surface area contributed by atoms with E-state index in [4.69, 9.17) is 0 Å². The third-order valence-electron chi connectivity index (χ3n) is 4.88. The molecule has 4 rings (SSSR count). The highest BCUT2D eigenvalue weighted by Gasteiger charge is 2.11. The van der Waals surface area contributed by atoms with Gasteiger partial charge in [0.2, 0.25) is 0 Å². The fourth-order valence-electron chi connectivity index (χ4n) is 3.22. The monoisotopic (exact) mass is 476 g/mol. The summed E-state index contributed by atoms with van der Waals surface area (Å²) < 4.78 is 2.29. The quantitative estimate of drug-likeness (QED) is 0.434. The van der Waals surface area contributed by atoms with Gasteiger partial charge in [-0.15, -0.1) is 0 Å². The number of halogens is 1. The highest BCUT2D eigenvalue weighted by atomic mass is 79.9. The van der Waals surface area contributed by atoms with Crippen molar-refractivity contribution in [2.45, 2.75) is 20.0 Å². The van der Waals surface area contributed by atoms with Crippen molar-refractivity contribution in [1.29, 1.82) is 0 Å². The molecule has 0 aliphatic rings. The first-order valence-corrected chi connectivity index (χ1v) is 10.6. The van der Waals surface area contributed by atoms with Crippen LogP contribution in [0, 0.1) is 6.92 Å². The van der Waals surface area contributed by atoms with Crippen molar-refractivity contribution in [3.8, 4) is 0 Å². The Balaban J connectivity index is 1.48. The molecule has 4 aromatic rings. The van der Waals surface area contributed by atoms with Crippen LogP contribution in [-0.4, -0.2) is 15.3 Å². The van der Waals surface area contributed by atoms with E-state index < -0.39 is 0 Å². The molecule has 0 aliphatic heterocycles. The van der Waals surface area contributed by atoms with Crippen molar-refractivity contribution < 1.29 is 4.79 Å². The zero-order valence-electron chi connectivity index (χ0n) is 16.9. The Labute approximate surface area is 188 Å². The van der Waals surface area contributed by atoms with Crippen molar-refractivity contribution in [3.63, 3.8) is 0 Å². The number of benzene rings is 2. The summed E-state index contributed by atoms with van der Waals surface area (Å²) in [6.45, 7) is 2.80. The van der Waals surface area contributed by atoms with Gasteiger partial charge in [0.15, 0.2) is 0 Å². The molecule has 0 atom stereocenters. The molecule has 0 saturated carbocycles. The Morgan fingerprint density at radius 1 is 1.03 bits per heavy atom. The zero-order chi connectivity index (χ0) is 21.8. The van der Waals surface area contributed by atoms with E-state index in [1.807, 2.05) is 55.5 Å². The third-order valence-corrected chi connectivity index (χ3v) is 5.35. The van der Waals surface area contributed by atoms with Crippen LogP contribution >= 0.6 is 15.9 Å². The number of nitrogens with zero attached hydrogens (tertiary/aromatic N) is 2. The number of amides is 1. The lowest BCUT2D eigenvalue weighted by Crippen LogP contribution is -2.24. The molecule has 0 bridgehead atoms. The summed E-state index contributed by atoms with van der Waals surface area (Å²) >= 11 is 3.36. The Hall–Kier alpha value is -3.45. The second kappa shape index (κ2) is 9.14. The van der Waals surface area contributed by atoms with Crippen LogP contribution in [0.15, 0.2) is 82.2 Å². The van der Waals surface area contributed by atoms with Gasteiger partial charge in [0.1, 0.15) is 5.65 Å². The maximum absolute atomic E-state index is 12.8. The molecule has 7 heteroatoms. The maximum atomic E-state index is 12.8. The number of hydrogen-bond donors (Lipinski definition) is 2. The van der Waals surface area contributed by atoms with Crippen LogP contribution < -0.4 is 16.2 Å². The number of para-hydroxylation sites is 1. The van der Waals surface area contributed by atoms with Crippen molar-refractivity contribution in [2.75, 3.05) is 5.32 Å². The first-order valence-electron chi connectivity index (χ1n) is 9.84. The normalized spacial score (nSPS) is 10.8. The lowest BCUT2D eigenvalue weighted by molar-refractivity contribution is 0.0951. The van der Waals surface area contributed by atoms with Crippen LogP contribution in [0.1, 0.15) is 27.2 Å². The topological polar surface area (TPSA) is 75.5 Å². The first kappa shape index (κ1) is 20.8. The number of hydrogen-bond acceptors (Lipinski definition) is 4. The van der Waals surface area contributed by atoms with Crippen LogP contribution in [0.3, 0.4) is 0 Å². The number of nitrogens with one attached hydrogen (secondary N) is 2. The number of carbonyl (C=O) groups is 1. The number of fused-ring (bicyclic) bond motifs is 1. The number of pyridine rings is 1. The average molecular weight is 477 g/mol. The van der Waals surface area contributed by atoms with E-state index in [0.717, 1.165) is 10.0 Å². The van der Waals surface area contributed by atoms with Gasteiger partial charge in [-0.05, 0) is 52.7 Å². The number of carbonyl (C=O) groups excluding carboxylic acids is 1. The Morgan fingerprint density at radius 3 is 2.61 bits per heavy atom. The number of rotatable bonds is 6. The molecule has 0 saturated heterocycles. The molecule has 6 nitrogen and oxygen atoms in total. The minimum Gasteiger partial charge on any atom is -0.379 e. The van der Waals surface area contributed by atoms with Gasteiger partial charge >= 0.3 is 0 Å². The van der Waals surface area contributed by atoms with Crippen LogP contribution in [0.2, 0.25) is 0 Å². The van der Waals surface area contributed by atoms with Crippen molar-refractivity contribution in [2.24, 2.45) is 0 Å². The van der Waals surface area contributed by atoms with Crippen LogP contribution in [0.25, 0.3) is 5.65 Å². The Morgan fingerprint density at radius 2 is 1.81 bits per heavy atom. The number of aryl methyl sites for hydroxylation is 1. The molecule has 0 aliphatic carbocycles. The van der Waals surface area contributed by atoms with Crippen molar-refractivity contribution in [3.05, 3.63) is 110 Å². The molecule has 0 unspecified atom stereocenters. The summed E-state index contributed by atoms with van der Waals surface area (Å²) in [5, 5.41) is 6.20. The molecule has 2 aromatic carbocycles. The fourth-order valence-corrected chi connectivity index (χ4v) is 3.56. The molecule has 0 fully saturated rings. The highest BCUT2D eigenvalue weighted by Crippen LogP contribution is 2.16. The average Bonchev–Trinajstić information content (AvgIpc) is 2.78. The zero-order valence-corrected chi connectivity index (χ0v) is 18.5. The lowest BCUT2D eigenvalue weighted by atomic mass is 10.1. The summed E-state index contributed by atoms with van der Waals surface area (Å²) in [7, 11) is 0. The molecule has 1 amide bonds. The number of aromatic nitrogens is 2. The van der Waals surface area contributed by atoms with E-state index in [1.54, 1.807) is 18.3 Å². The van der Waals surface area contributed by atoms with E-state index in [1.165, 1.54) is 16.0 Å². The Bertz CT molecular complexity index is 1300. The minimum absolute atomic E-state index is 0.160. The van der Waals surface area contributed by atoms with E-state index in [-0.39, 0.29) is 11.5 Å². The van der Waals surface area contributed by atoms with Crippen LogP contribution in [0.4, 0.5) is 5.69 Å². The summed E-state index contributed by atoms with van der Waals surface area (Å²) in [5.41, 5.74) is 4.44. The van der Waals surface area contributed by atoms with Gasteiger partial charge in [-0.1, -0.05) is 42.0 Å². The second-order valence-corrected chi connectivity index (χ2v) is 8.14. The maximum Gasteiger partial charge on any atom is 0.258 e. The molecule has 0 spiro atoms. The van der Waals surface area contributed by atoms with Gasteiger partial charge in [0, 0.05) is 29.0 Å². The second-order valence-electron chi connectivity index (χ2n) is 7.23. The van der Waals surface area contributed by atoms with E-state index in [0.29, 0.717) is 35.7 Å². The Kier molecular flexibility index (Phi) is 6.13. The fraction of sp³-hybridized carbons (Fsp3) is 0.125. The largest absolute Gasteiger partial charge is 0.379 e. The summed E-state index contributed by atoms with van der Waals surface area (Å²) in [5.74, 6) is -0.167. The molecule has 2 heterocycles. The molecule has 0 radical (unpaired) electrons. The van der Waals surface area contributed by atoms with Crippen LogP contribution in [0.5, 0.6) is 0 Å². The highest BCUT2D eigenvalue weighted by molar-refractivity contribution is 9.10. The predicted molar refractivity (Wildman–Crippen MR) is 125 cm³/mol. The van der Waals surface area contributed by atoms with Gasteiger partial charge in [-0.3, -0.25) is 14.0 Å². The molecular weight excluding hydrogens is 456 g/mol. The summed E-state index contributed by atoms with van der Waals surface area (Å²) in [6.07, 6.45) is 1.69. The lowest BCUT2D eigenvalue weighted by Gasteiger charge is -2.12. The van der Waals surface area contributed by atoms with E-state index in [9.17, 15) is 9.59 Å². The van der Waals surface area contributed by atoms with Gasteiger partial charge in [0.05, 0.1) is 17.8 Å². The third kappa shape index (κ3) is 5.00. The summed E-state index contributed by atoms with van der Waals surface area (Å²) in [4.78, 5) is 29.7. The SMILES string of the molecule is Cc1ccc(CNC(=O)c2ccccc2NCc2cc(=O)n3cc(Br)ccc3n2)cc1. The van der Waals surface area contributed by atoms with E-state index >= 15 is 0 Å². The van der Waals surface area contributed by atoms with Crippen molar-refractivity contribution in [1.82, 2.24) is 14.7 Å². The standard InChI is InChI=1S/C24H21BrN4O2/c1-16-6-8-17(9-7-16)13-27-24(31)20-4-2-3-5-21(20)26-14-19-12-23(30)29-15-18(25)10-11-22(29)28-19/h2-12,15,26H,13-14H2,1H3,(H,27,31). The summed E-state index contributed by atoms with van der Waals surface area (Å²) in [6, 6.07) is 20.5. The molecule has 31 heavy (non-hydrogen) atoms. The first-order chi connectivity index (χ1) is 15.0. The van der Waals surface area contributed by atoms with Gasteiger partial charge in [-0.25, -0.2) is 4.98 Å². The van der Waals surface area contributed by atoms with Crippen molar-refractivity contribution >= 4 is 33.2 Å². The van der Waals surface area contributed by atoms with Gasteiger partial charge < -0.3 is 10.6 Å². The van der Waals surface area contributed by atoms with E-state index in [2.05, 4.69) is 31.5 Å². The van der Waals surface area contributed by atoms with Gasteiger partial charge in [0.25, 0.3) is 11.5 Å². The van der Waals surface area contributed by atoms with Crippen LogP contribution in [-0.2, 0) is 13.1 Å². The predicted octanol–water partition coefficient (Wildman–Crippen LogP) is 4.31. The smallest absolute Gasteiger partial charge is 0.258 e. The van der Waals surface area contributed by atoms with Gasteiger partial charge in [-0.2, -0.15) is 0 Å². The molecule has 156 valence electrons. The number of anilines is 1. The molecule has 2 N–H and O–H groups in total. The minimum atomic E-state index is -0.167. The molecule has 2 aromatic heterocycles. The molecular formula is C24H21BrN4O2.